The number of nitrogens with zero attached hydrogens (tertiary/aromatic N) is 3. The Labute approximate surface area is 242 Å². The van der Waals surface area contributed by atoms with Crippen LogP contribution in [0, 0.1) is 6.92 Å². The normalized spacial score (nSPS) is 15.6. The molecule has 1 aliphatic rings. The zero-order valence-electron chi connectivity index (χ0n) is 22.4. The highest BCUT2D eigenvalue weighted by Gasteiger charge is 2.20. The summed E-state index contributed by atoms with van der Waals surface area (Å²) in [5, 5.41) is 23.0. The number of carbonyl (C=O) groups is 1. The largest absolute Gasteiger partial charge is 0.493 e. The van der Waals surface area contributed by atoms with Crippen molar-refractivity contribution in [1.29, 1.82) is 0 Å². The molecule has 5 rings (SSSR count). The smallest absolute Gasteiger partial charge is 0.317 e. The number of benzene rings is 2. The first kappa shape index (κ1) is 28.4. The van der Waals surface area contributed by atoms with Crippen LogP contribution >= 0.6 is 22.9 Å². The molecule has 0 bridgehead atoms. The van der Waals surface area contributed by atoms with Gasteiger partial charge >= 0.3 is 5.97 Å². The number of carboxylic acid groups (broad SMARTS) is 1. The minimum atomic E-state index is -0.899. The molecule has 210 valence electrons. The number of thiazole rings is 1. The van der Waals surface area contributed by atoms with E-state index in [9.17, 15) is 9.90 Å². The predicted molar refractivity (Wildman–Crippen MR) is 158 cm³/mol. The van der Waals surface area contributed by atoms with Crippen molar-refractivity contribution >= 4 is 39.1 Å². The van der Waals surface area contributed by atoms with E-state index in [4.69, 9.17) is 26.4 Å². The van der Waals surface area contributed by atoms with Crippen LogP contribution < -0.4 is 10.1 Å². The predicted octanol–water partition coefficient (Wildman–Crippen LogP) is 4.92. The number of hydrogen-bond donors (Lipinski definition) is 3. The number of likely N-dealkylation sites (tertiary alicyclic amines) is 1. The molecular formula is C30H33ClN4O4S. The fourth-order valence-electron chi connectivity index (χ4n) is 5.09. The minimum Gasteiger partial charge on any atom is -0.493 e. The highest BCUT2D eigenvalue weighted by molar-refractivity contribution is 7.18. The van der Waals surface area contributed by atoms with E-state index >= 15 is 0 Å². The summed E-state index contributed by atoms with van der Waals surface area (Å²) in [4.78, 5) is 22.4. The van der Waals surface area contributed by atoms with Gasteiger partial charge in [0.05, 0.1) is 34.7 Å². The van der Waals surface area contributed by atoms with Gasteiger partial charge in [-0.25, -0.2) is 4.98 Å². The summed E-state index contributed by atoms with van der Waals surface area (Å²) < 4.78 is 7.16. The van der Waals surface area contributed by atoms with E-state index in [-0.39, 0.29) is 12.6 Å². The number of hydrogen-bond acceptors (Lipinski definition) is 8. The number of nitrogens with one attached hydrogen (secondary N) is 1. The molecule has 1 aliphatic heterocycles. The molecule has 3 heterocycles. The first-order chi connectivity index (χ1) is 19.4. The summed E-state index contributed by atoms with van der Waals surface area (Å²) in [6, 6.07) is 14.0. The van der Waals surface area contributed by atoms with E-state index in [0.29, 0.717) is 24.6 Å². The van der Waals surface area contributed by atoms with Gasteiger partial charge in [0.15, 0.2) is 0 Å². The lowest BCUT2D eigenvalue weighted by molar-refractivity contribution is -0.136. The molecule has 1 fully saturated rings. The van der Waals surface area contributed by atoms with Crippen LogP contribution in [0.5, 0.6) is 5.75 Å². The summed E-state index contributed by atoms with van der Waals surface area (Å²) in [6.45, 7) is 5.57. The van der Waals surface area contributed by atoms with Crippen LogP contribution in [0.4, 0.5) is 0 Å². The molecule has 1 unspecified atom stereocenters. The van der Waals surface area contributed by atoms with Crippen molar-refractivity contribution < 1.29 is 19.7 Å². The van der Waals surface area contributed by atoms with Gasteiger partial charge in [0.2, 0.25) is 0 Å². The Kier molecular flexibility index (Phi) is 9.29. The average Bonchev–Trinajstić information content (AvgIpc) is 3.54. The van der Waals surface area contributed by atoms with Crippen molar-refractivity contribution in [1.82, 2.24) is 20.2 Å². The van der Waals surface area contributed by atoms with Crippen molar-refractivity contribution in [2.75, 3.05) is 32.8 Å². The molecule has 3 N–H and O–H groups in total. The maximum Gasteiger partial charge on any atom is 0.317 e. The molecule has 4 aromatic rings. The van der Waals surface area contributed by atoms with Crippen molar-refractivity contribution in [2.45, 2.75) is 38.8 Å². The molecule has 10 heteroatoms. The van der Waals surface area contributed by atoms with Gasteiger partial charge in [-0.2, -0.15) is 0 Å². The summed E-state index contributed by atoms with van der Waals surface area (Å²) in [5.74, 6) is -0.0530. The Morgan fingerprint density at radius 2 is 2.05 bits per heavy atom. The van der Waals surface area contributed by atoms with Gasteiger partial charge in [0.1, 0.15) is 16.3 Å². The van der Waals surface area contributed by atoms with Gasteiger partial charge in [-0.15, -0.1) is 11.3 Å². The van der Waals surface area contributed by atoms with Crippen molar-refractivity contribution in [2.24, 2.45) is 0 Å². The molecule has 2 aromatic carbocycles. The lowest BCUT2D eigenvalue weighted by Gasteiger charge is -2.17. The fraction of sp³-hybridized carbons (Fsp3) is 0.367. The Balaban J connectivity index is 1.30. The van der Waals surface area contributed by atoms with Crippen LogP contribution in [0.1, 0.15) is 34.7 Å². The molecule has 1 atom stereocenters. The quantitative estimate of drug-likeness (QED) is 0.203. The molecule has 0 aliphatic carbocycles. The molecule has 0 radical (unpaired) electrons. The number of halogens is 1. The topological polar surface area (TPSA) is 108 Å². The fourth-order valence-corrected chi connectivity index (χ4v) is 6.34. The number of carboxylic acids is 1. The number of aliphatic carboxylic acids is 1. The van der Waals surface area contributed by atoms with Crippen molar-refractivity contribution in [3.63, 3.8) is 0 Å². The lowest BCUT2D eigenvalue weighted by atomic mass is 9.96. The van der Waals surface area contributed by atoms with Crippen LogP contribution in [0.3, 0.4) is 0 Å². The van der Waals surface area contributed by atoms with E-state index in [2.05, 4.69) is 28.2 Å². The highest BCUT2D eigenvalue weighted by atomic mass is 35.5. The zero-order valence-corrected chi connectivity index (χ0v) is 24.0. The third-order valence-corrected chi connectivity index (χ3v) is 8.58. The Hall–Kier alpha value is -3.08. The van der Waals surface area contributed by atoms with E-state index in [1.807, 2.05) is 36.4 Å². The van der Waals surface area contributed by atoms with Crippen LogP contribution in [-0.2, 0) is 17.8 Å². The van der Waals surface area contributed by atoms with Crippen molar-refractivity contribution in [3.05, 3.63) is 75.5 Å². The van der Waals surface area contributed by atoms with Crippen molar-refractivity contribution in [3.8, 4) is 16.9 Å². The highest BCUT2D eigenvalue weighted by Crippen LogP contribution is 2.37. The third kappa shape index (κ3) is 6.79. The Bertz CT molecular complexity index is 1490. The molecule has 40 heavy (non-hydrogen) atoms. The van der Waals surface area contributed by atoms with Gasteiger partial charge in [0.25, 0.3) is 0 Å². The Morgan fingerprint density at radius 3 is 2.85 bits per heavy atom. The SMILES string of the molecule is Cc1c(OCCCN2CCC(O)C2)cccc1-c1cccc(Cc2nccc3sc(CNCC(=O)O)nc23)c1Cl. The minimum absolute atomic E-state index is 0.112. The molecular weight excluding hydrogens is 548 g/mol. The Morgan fingerprint density at radius 1 is 1.23 bits per heavy atom. The second-order valence-electron chi connectivity index (χ2n) is 10.0. The molecule has 0 amide bonds. The maximum absolute atomic E-state index is 10.8. The van der Waals surface area contributed by atoms with Gasteiger partial charge < -0.3 is 25.2 Å². The van der Waals surface area contributed by atoms with Gasteiger partial charge in [-0.05, 0) is 48.6 Å². The summed E-state index contributed by atoms with van der Waals surface area (Å²) in [6.07, 6.45) is 3.86. The molecule has 2 aromatic heterocycles. The first-order valence-corrected chi connectivity index (χ1v) is 14.6. The molecule has 1 saturated heterocycles. The van der Waals surface area contributed by atoms with Gasteiger partial charge in [0, 0.05) is 44.4 Å². The van der Waals surface area contributed by atoms with E-state index < -0.39 is 5.97 Å². The van der Waals surface area contributed by atoms with Crippen LogP contribution in [0.25, 0.3) is 21.3 Å². The number of ether oxygens (including phenoxy) is 1. The van der Waals surface area contributed by atoms with Crippen LogP contribution in [0.2, 0.25) is 5.02 Å². The van der Waals surface area contributed by atoms with E-state index in [1.165, 1.54) is 11.3 Å². The summed E-state index contributed by atoms with van der Waals surface area (Å²) >= 11 is 8.53. The number of rotatable bonds is 12. The average molecular weight is 581 g/mol. The number of β-amino-alcohol motifs (C(OH)–C–C–N with tert-alkyl or cyclic N) is 1. The van der Waals surface area contributed by atoms with Crippen LogP contribution in [0.15, 0.2) is 48.7 Å². The number of fused-ring (bicyclic) bond motifs is 1. The second kappa shape index (κ2) is 13.1. The lowest BCUT2D eigenvalue weighted by Crippen LogP contribution is -2.24. The number of aliphatic hydroxyl groups is 1. The molecule has 0 spiro atoms. The zero-order chi connectivity index (χ0) is 28.1. The standard InChI is InChI=1S/C30H33ClN4O4S/c1-19-22(6-3-8-25(19)39-14-4-12-35-13-10-21(36)18-35)23-7-2-5-20(29(23)31)15-24-30-26(9-11-33-24)40-27(34-30)16-32-17-28(37)38/h2-3,5-9,11,21,32,36H,4,10,12-18H2,1H3,(H,37,38). The van der Waals surface area contributed by atoms with E-state index in [0.717, 1.165) is 81.4 Å². The molecule has 8 nitrogen and oxygen atoms in total. The molecule has 0 saturated carbocycles. The van der Waals surface area contributed by atoms with Gasteiger partial charge in [-0.3, -0.25) is 9.78 Å². The summed E-state index contributed by atoms with van der Waals surface area (Å²) in [5.41, 5.74) is 5.61. The number of pyridine rings is 1. The monoisotopic (exact) mass is 580 g/mol. The number of aromatic nitrogens is 2. The van der Waals surface area contributed by atoms with Gasteiger partial charge in [-0.1, -0.05) is 41.9 Å². The maximum atomic E-state index is 10.8. The van der Waals surface area contributed by atoms with E-state index in [1.54, 1.807) is 6.20 Å². The summed E-state index contributed by atoms with van der Waals surface area (Å²) in [7, 11) is 0. The third-order valence-electron chi connectivity index (χ3n) is 7.11. The van der Waals surface area contributed by atoms with Crippen LogP contribution in [-0.4, -0.2) is 69.9 Å². The number of aliphatic hydroxyl groups excluding tert-OH is 1. The second-order valence-corrected chi connectivity index (χ2v) is 11.5. The first-order valence-electron chi connectivity index (χ1n) is 13.5.